The average Bonchev–Trinajstić information content (AvgIpc) is 2.75. The Morgan fingerprint density at radius 2 is 1.64 bits per heavy atom. The number of likely N-dealkylation sites (tertiary alicyclic amines) is 1. The highest BCUT2D eigenvalue weighted by Gasteiger charge is 2.21. The van der Waals surface area contributed by atoms with Gasteiger partial charge in [0.05, 0.1) is 12.0 Å². The Bertz CT molecular complexity index is 904. The van der Waals surface area contributed by atoms with Gasteiger partial charge in [0.25, 0.3) is 15.9 Å². The lowest BCUT2D eigenvalue weighted by atomic mass is 10.1. The molecule has 1 aliphatic heterocycles. The van der Waals surface area contributed by atoms with Crippen molar-refractivity contribution in [2.75, 3.05) is 24.9 Å². The maximum Gasteiger partial charge on any atom is 0.261 e. The highest BCUT2D eigenvalue weighted by Crippen LogP contribution is 2.19. The lowest BCUT2D eigenvalue weighted by Crippen LogP contribution is -2.35. The Hall–Kier alpha value is -2.71. The quantitative estimate of drug-likeness (QED) is 0.775. The normalized spacial score (nSPS) is 13.9. The van der Waals surface area contributed by atoms with Crippen LogP contribution in [0.2, 0.25) is 0 Å². The van der Waals surface area contributed by atoms with E-state index in [2.05, 4.69) is 4.72 Å². The molecule has 0 bridgehead atoms. The van der Waals surface area contributed by atoms with Crippen molar-refractivity contribution >= 4 is 27.9 Å². The van der Waals surface area contributed by atoms with Crippen molar-refractivity contribution in [2.24, 2.45) is 0 Å². The Balaban J connectivity index is 0.00000136. The average molecular weight is 403 g/mol. The van der Waals surface area contributed by atoms with E-state index < -0.39 is 10.0 Å². The SMILES string of the molecule is C[O].O=Cc1ccc(NS(=O)(=O)c2cccc(C(=O)N3CCCCC3)c2)cc1. The number of piperidine rings is 1. The Morgan fingerprint density at radius 1 is 1.00 bits per heavy atom. The number of hydrogen-bond acceptors (Lipinski definition) is 4. The zero-order chi connectivity index (χ0) is 20.6. The van der Waals surface area contributed by atoms with E-state index in [-0.39, 0.29) is 10.8 Å². The van der Waals surface area contributed by atoms with E-state index in [4.69, 9.17) is 5.11 Å². The summed E-state index contributed by atoms with van der Waals surface area (Å²) in [6.07, 6.45) is 3.75. The molecule has 1 radical (unpaired) electrons. The fourth-order valence-electron chi connectivity index (χ4n) is 2.92. The number of amides is 1. The molecule has 0 aliphatic carbocycles. The largest absolute Gasteiger partial charge is 0.339 e. The lowest BCUT2D eigenvalue weighted by Gasteiger charge is -2.26. The molecular formula is C20H23N2O5S. The number of hydrogen-bond donors (Lipinski definition) is 1. The van der Waals surface area contributed by atoms with Crippen LogP contribution in [-0.2, 0) is 15.1 Å². The van der Waals surface area contributed by atoms with Crippen LogP contribution >= 0.6 is 0 Å². The predicted octanol–water partition coefficient (Wildman–Crippen LogP) is 2.97. The summed E-state index contributed by atoms with van der Waals surface area (Å²) >= 11 is 0. The zero-order valence-electron chi connectivity index (χ0n) is 15.6. The van der Waals surface area contributed by atoms with Crippen molar-refractivity contribution in [3.05, 3.63) is 59.7 Å². The molecule has 0 aromatic heterocycles. The van der Waals surface area contributed by atoms with Crippen molar-refractivity contribution < 1.29 is 23.1 Å². The monoisotopic (exact) mass is 403 g/mol. The number of nitrogens with zero attached hydrogens (tertiary/aromatic N) is 1. The second kappa shape index (κ2) is 10.0. The summed E-state index contributed by atoms with van der Waals surface area (Å²) in [4.78, 5) is 25.1. The van der Waals surface area contributed by atoms with E-state index in [1.165, 1.54) is 36.4 Å². The van der Waals surface area contributed by atoms with Crippen LogP contribution in [0.5, 0.6) is 0 Å². The molecule has 2 aromatic rings. The van der Waals surface area contributed by atoms with Gasteiger partial charge in [-0.1, -0.05) is 6.07 Å². The number of rotatable bonds is 5. The van der Waals surface area contributed by atoms with Crippen LogP contribution in [-0.4, -0.2) is 45.7 Å². The standard InChI is InChI=1S/C19H20N2O4S.CH3O/c22-14-15-7-9-17(10-8-15)20-26(24,25)18-6-4-5-16(13-18)19(23)21-11-2-1-3-12-21;1-2/h4-10,13-14,20H,1-3,11-12H2;1H3. The number of benzene rings is 2. The van der Waals surface area contributed by atoms with Gasteiger partial charge in [-0.3, -0.25) is 14.3 Å². The first-order chi connectivity index (χ1) is 13.5. The summed E-state index contributed by atoms with van der Waals surface area (Å²) in [6.45, 7) is 1.41. The van der Waals surface area contributed by atoms with E-state index in [1.807, 2.05) is 0 Å². The Morgan fingerprint density at radius 3 is 2.25 bits per heavy atom. The second-order valence-corrected chi connectivity index (χ2v) is 7.91. The van der Waals surface area contributed by atoms with Gasteiger partial charge in [0.1, 0.15) is 6.29 Å². The number of sulfonamides is 1. The van der Waals surface area contributed by atoms with Gasteiger partial charge < -0.3 is 4.90 Å². The van der Waals surface area contributed by atoms with E-state index in [0.717, 1.165) is 26.4 Å². The minimum absolute atomic E-state index is 0.0276. The minimum atomic E-state index is -3.83. The molecule has 28 heavy (non-hydrogen) atoms. The first kappa shape index (κ1) is 21.6. The molecule has 1 N–H and O–H groups in total. The van der Waals surface area contributed by atoms with Crippen LogP contribution in [0.1, 0.15) is 40.0 Å². The van der Waals surface area contributed by atoms with Crippen LogP contribution in [0.15, 0.2) is 53.4 Å². The predicted molar refractivity (Wildman–Crippen MR) is 105 cm³/mol. The summed E-state index contributed by atoms with van der Waals surface area (Å²) in [6, 6.07) is 12.2. The molecule has 149 valence electrons. The van der Waals surface area contributed by atoms with Crippen LogP contribution in [0.3, 0.4) is 0 Å². The molecule has 3 rings (SSSR count). The molecule has 1 saturated heterocycles. The molecule has 2 aromatic carbocycles. The molecule has 8 heteroatoms. The van der Waals surface area contributed by atoms with Gasteiger partial charge in [0, 0.05) is 29.9 Å². The van der Waals surface area contributed by atoms with Crippen LogP contribution < -0.4 is 4.72 Å². The molecule has 0 saturated carbocycles. The third-order valence-electron chi connectivity index (χ3n) is 4.33. The number of carbonyl (C=O) groups is 2. The van der Waals surface area contributed by atoms with E-state index in [1.54, 1.807) is 17.0 Å². The van der Waals surface area contributed by atoms with Crippen molar-refractivity contribution in [1.82, 2.24) is 4.90 Å². The molecule has 0 atom stereocenters. The summed E-state index contributed by atoms with van der Waals surface area (Å²) in [7, 11) is -3.08. The molecule has 0 unspecified atom stereocenters. The van der Waals surface area contributed by atoms with Gasteiger partial charge in [-0.25, -0.2) is 13.5 Å². The fraction of sp³-hybridized carbons (Fsp3) is 0.300. The Labute approximate surface area is 165 Å². The molecular weight excluding hydrogens is 380 g/mol. The summed E-state index contributed by atoms with van der Waals surface area (Å²) in [5.41, 5.74) is 1.18. The first-order valence-electron chi connectivity index (χ1n) is 8.88. The second-order valence-electron chi connectivity index (χ2n) is 6.23. The molecule has 7 nitrogen and oxygen atoms in total. The number of aldehydes is 1. The van der Waals surface area contributed by atoms with Crippen LogP contribution in [0.25, 0.3) is 0 Å². The molecule has 1 aliphatic rings. The third-order valence-corrected chi connectivity index (χ3v) is 5.71. The summed E-state index contributed by atoms with van der Waals surface area (Å²) < 4.78 is 27.7. The molecule has 1 fully saturated rings. The van der Waals surface area contributed by atoms with Gasteiger partial charge in [0.2, 0.25) is 0 Å². The van der Waals surface area contributed by atoms with E-state index in [0.29, 0.717) is 36.2 Å². The van der Waals surface area contributed by atoms with Gasteiger partial charge in [-0.05, 0) is 61.7 Å². The Kier molecular flexibility index (Phi) is 7.71. The molecule has 0 spiro atoms. The topological polar surface area (TPSA) is 103 Å². The third kappa shape index (κ3) is 5.40. The first-order valence-corrected chi connectivity index (χ1v) is 10.4. The molecule has 1 amide bonds. The van der Waals surface area contributed by atoms with Gasteiger partial charge >= 0.3 is 0 Å². The number of nitrogens with one attached hydrogen (secondary N) is 1. The summed E-state index contributed by atoms with van der Waals surface area (Å²) in [5.74, 6) is -0.142. The van der Waals surface area contributed by atoms with Crippen molar-refractivity contribution in [1.29, 1.82) is 0 Å². The highest BCUT2D eigenvalue weighted by atomic mass is 32.2. The number of carbonyl (C=O) groups excluding carboxylic acids is 2. The van der Waals surface area contributed by atoms with Crippen molar-refractivity contribution in [3.63, 3.8) is 0 Å². The smallest absolute Gasteiger partial charge is 0.261 e. The van der Waals surface area contributed by atoms with Crippen LogP contribution in [0, 0.1) is 0 Å². The van der Waals surface area contributed by atoms with Crippen molar-refractivity contribution in [3.8, 4) is 0 Å². The molecule has 1 heterocycles. The van der Waals surface area contributed by atoms with E-state index in [9.17, 15) is 18.0 Å². The summed E-state index contributed by atoms with van der Waals surface area (Å²) in [5, 5.41) is 8.25. The highest BCUT2D eigenvalue weighted by molar-refractivity contribution is 7.92. The number of anilines is 1. The minimum Gasteiger partial charge on any atom is -0.339 e. The maximum absolute atomic E-state index is 12.6. The van der Waals surface area contributed by atoms with Crippen LogP contribution in [0.4, 0.5) is 5.69 Å². The van der Waals surface area contributed by atoms with Gasteiger partial charge in [0.15, 0.2) is 0 Å². The fourth-order valence-corrected chi connectivity index (χ4v) is 4.02. The maximum atomic E-state index is 12.6. The van der Waals surface area contributed by atoms with Gasteiger partial charge in [-0.15, -0.1) is 0 Å². The lowest BCUT2D eigenvalue weighted by molar-refractivity contribution is 0.0724. The zero-order valence-corrected chi connectivity index (χ0v) is 16.4. The van der Waals surface area contributed by atoms with Gasteiger partial charge in [-0.2, -0.15) is 0 Å². The van der Waals surface area contributed by atoms with Crippen molar-refractivity contribution in [2.45, 2.75) is 24.2 Å². The van der Waals surface area contributed by atoms with E-state index >= 15 is 0 Å².